The SMILES string of the molecule is COCCN(CCOC)S(=O)(=O)c1ccc(C(=O)N(Cc2ccccc2)c2nc3cc(C)cc(C)c3s2)cc1. The molecule has 3 aromatic carbocycles. The number of thiazole rings is 1. The number of nitrogens with zero attached hydrogens (tertiary/aromatic N) is 3. The van der Waals surface area contributed by atoms with Gasteiger partial charge in [0.25, 0.3) is 5.91 Å². The summed E-state index contributed by atoms with van der Waals surface area (Å²) in [5, 5.41) is 0.592. The normalized spacial score (nSPS) is 11.8. The molecule has 0 unspecified atom stereocenters. The number of hydrogen-bond acceptors (Lipinski definition) is 7. The van der Waals surface area contributed by atoms with Crippen LogP contribution in [0.5, 0.6) is 0 Å². The van der Waals surface area contributed by atoms with Gasteiger partial charge in [-0.25, -0.2) is 13.4 Å². The van der Waals surface area contributed by atoms with E-state index >= 15 is 0 Å². The summed E-state index contributed by atoms with van der Waals surface area (Å²) in [6.45, 7) is 5.32. The summed E-state index contributed by atoms with van der Waals surface area (Å²) in [5.41, 5.74) is 4.41. The van der Waals surface area contributed by atoms with E-state index < -0.39 is 10.0 Å². The Morgan fingerprint density at radius 1 is 0.923 bits per heavy atom. The monoisotopic (exact) mass is 567 g/mol. The van der Waals surface area contributed by atoms with Crippen LogP contribution in [-0.4, -0.2) is 64.1 Å². The van der Waals surface area contributed by atoms with Gasteiger partial charge in [0.15, 0.2) is 5.13 Å². The van der Waals surface area contributed by atoms with Gasteiger partial charge in [-0.1, -0.05) is 47.7 Å². The summed E-state index contributed by atoms with van der Waals surface area (Å²) < 4.78 is 39.1. The van der Waals surface area contributed by atoms with E-state index in [9.17, 15) is 13.2 Å². The number of carbonyl (C=O) groups excluding carboxylic acids is 1. The summed E-state index contributed by atoms with van der Waals surface area (Å²) in [7, 11) is -0.748. The van der Waals surface area contributed by atoms with Crippen LogP contribution in [0.25, 0.3) is 10.2 Å². The zero-order valence-corrected chi connectivity index (χ0v) is 24.2. The molecule has 0 saturated carbocycles. The molecule has 1 aromatic heterocycles. The largest absolute Gasteiger partial charge is 0.383 e. The maximum Gasteiger partial charge on any atom is 0.260 e. The number of fused-ring (bicyclic) bond motifs is 1. The second-order valence-corrected chi connectivity index (χ2v) is 12.1. The summed E-state index contributed by atoms with van der Waals surface area (Å²) in [6, 6.07) is 19.9. The number of ether oxygens (including phenoxy) is 2. The summed E-state index contributed by atoms with van der Waals surface area (Å²) in [6.07, 6.45) is 0. The first-order valence-electron chi connectivity index (χ1n) is 12.6. The fraction of sp³-hybridized carbons (Fsp3) is 0.310. The topological polar surface area (TPSA) is 89.0 Å². The lowest BCUT2D eigenvalue weighted by Gasteiger charge is -2.22. The maximum atomic E-state index is 13.9. The Hall–Kier alpha value is -3.15. The highest BCUT2D eigenvalue weighted by Crippen LogP contribution is 2.33. The lowest BCUT2D eigenvalue weighted by atomic mass is 10.1. The Kier molecular flexibility index (Phi) is 9.47. The highest BCUT2D eigenvalue weighted by Gasteiger charge is 2.26. The summed E-state index contributed by atoms with van der Waals surface area (Å²) in [5.74, 6) is -0.258. The molecule has 8 nitrogen and oxygen atoms in total. The molecule has 1 amide bonds. The third-order valence-electron chi connectivity index (χ3n) is 6.30. The fourth-order valence-corrected chi connectivity index (χ4v) is 6.71. The molecule has 39 heavy (non-hydrogen) atoms. The molecule has 4 aromatic rings. The lowest BCUT2D eigenvalue weighted by molar-refractivity contribution is 0.0985. The van der Waals surface area contributed by atoms with Crippen molar-refractivity contribution in [1.82, 2.24) is 9.29 Å². The Morgan fingerprint density at radius 3 is 2.18 bits per heavy atom. The molecule has 206 valence electrons. The summed E-state index contributed by atoms with van der Waals surface area (Å²) in [4.78, 5) is 20.4. The van der Waals surface area contributed by atoms with E-state index in [2.05, 4.69) is 6.07 Å². The lowest BCUT2D eigenvalue weighted by Crippen LogP contribution is -2.36. The van der Waals surface area contributed by atoms with Crippen LogP contribution in [0.3, 0.4) is 0 Å². The van der Waals surface area contributed by atoms with E-state index in [-0.39, 0.29) is 37.1 Å². The third kappa shape index (κ3) is 6.71. The van der Waals surface area contributed by atoms with Crippen LogP contribution in [0.4, 0.5) is 5.13 Å². The second-order valence-electron chi connectivity index (χ2n) is 9.22. The molecular weight excluding hydrogens is 534 g/mol. The van der Waals surface area contributed by atoms with Crippen molar-refractivity contribution in [1.29, 1.82) is 0 Å². The quantitative estimate of drug-likeness (QED) is 0.238. The highest BCUT2D eigenvalue weighted by atomic mass is 32.2. The van der Waals surface area contributed by atoms with Crippen LogP contribution in [-0.2, 0) is 26.0 Å². The Morgan fingerprint density at radius 2 is 1.56 bits per heavy atom. The minimum atomic E-state index is -3.80. The van der Waals surface area contributed by atoms with E-state index in [0.717, 1.165) is 26.9 Å². The maximum absolute atomic E-state index is 13.9. The highest BCUT2D eigenvalue weighted by molar-refractivity contribution is 7.89. The number of sulfonamides is 1. The molecule has 0 saturated heterocycles. The zero-order chi connectivity index (χ0) is 28.0. The minimum Gasteiger partial charge on any atom is -0.383 e. The van der Waals surface area contributed by atoms with E-state index in [1.807, 2.05) is 50.2 Å². The minimum absolute atomic E-state index is 0.104. The van der Waals surface area contributed by atoms with Gasteiger partial charge in [-0.3, -0.25) is 9.69 Å². The van der Waals surface area contributed by atoms with E-state index in [1.54, 1.807) is 17.0 Å². The van der Waals surface area contributed by atoms with Crippen molar-refractivity contribution in [3.63, 3.8) is 0 Å². The van der Waals surface area contributed by atoms with Crippen molar-refractivity contribution in [2.24, 2.45) is 0 Å². The van der Waals surface area contributed by atoms with Crippen LogP contribution in [0.15, 0.2) is 71.6 Å². The smallest absolute Gasteiger partial charge is 0.260 e. The van der Waals surface area contributed by atoms with Crippen LogP contribution >= 0.6 is 11.3 Å². The van der Waals surface area contributed by atoms with Gasteiger partial charge < -0.3 is 9.47 Å². The number of hydrogen-bond donors (Lipinski definition) is 0. The number of aromatic nitrogens is 1. The molecule has 0 atom stereocenters. The Labute approximate surface area is 233 Å². The van der Waals surface area contributed by atoms with Crippen molar-refractivity contribution >= 4 is 42.6 Å². The predicted octanol–water partition coefficient (Wildman–Crippen LogP) is 5.04. The number of amides is 1. The van der Waals surface area contributed by atoms with E-state index in [0.29, 0.717) is 17.2 Å². The average Bonchev–Trinajstić information content (AvgIpc) is 3.36. The van der Waals surface area contributed by atoms with E-state index in [4.69, 9.17) is 14.5 Å². The first kappa shape index (κ1) is 28.8. The van der Waals surface area contributed by atoms with Gasteiger partial charge >= 0.3 is 0 Å². The molecule has 10 heteroatoms. The van der Waals surface area contributed by atoms with Gasteiger partial charge in [-0.05, 0) is 60.9 Å². The number of carbonyl (C=O) groups is 1. The van der Waals surface area contributed by atoms with Crippen molar-refractivity contribution in [3.8, 4) is 0 Å². The number of anilines is 1. The predicted molar refractivity (Wildman–Crippen MR) is 155 cm³/mol. The molecule has 4 rings (SSSR count). The van der Waals surface area contributed by atoms with Gasteiger partial charge in [-0.2, -0.15) is 4.31 Å². The zero-order valence-electron chi connectivity index (χ0n) is 22.6. The molecule has 0 bridgehead atoms. The number of rotatable bonds is 12. The van der Waals surface area contributed by atoms with Crippen molar-refractivity contribution in [2.75, 3.05) is 45.4 Å². The van der Waals surface area contributed by atoms with Gasteiger partial charge in [0.1, 0.15) is 0 Å². The molecular formula is C29H33N3O5S2. The van der Waals surface area contributed by atoms with Crippen molar-refractivity contribution < 1.29 is 22.7 Å². The molecule has 0 fully saturated rings. The molecule has 0 aliphatic heterocycles. The Balaban J connectivity index is 1.67. The van der Waals surface area contributed by atoms with Crippen LogP contribution < -0.4 is 4.90 Å². The van der Waals surface area contributed by atoms with Gasteiger partial charge in [0, 0.05) is 32.9 Å². The molecule has 0 aliphatic rings. The van der Waals surface area contributed by atoms with Crippen molar-refractivity contribution in [2.45, 2.75) is 25.3 Å². The number of benzene rings is 3. The fourth-order valence-electron chi connectivity index (χ4n) is 4.29. The van der Waals surface area contributed by atoms with Crippen LogP contribution in [0.2, 0.25) is 0 Å². The molecule has 0 spiro atoms. The van der Waals surface area contributed by atoms with Gasteiger partial charge in [0.2, 0.25) is 10.0 Å². The second kappa shape index (κ2) is 12.8. The standard InChI is InChI=1S/C29H33N3O5S2/c1-21-18-22(2)27-26(19-21)30-29(38-27)32(20-23-8-6-5-7-9-23)28(33)24-10-12-25(13-11-24)39(34,35)31(14-16-36-3)15-17-37-4/h5-13,18-19H,14-17,20H2,1-4H3. The van der Waals surface area contributed by atoms with Crippen LogP contribution in [0.1, 0.15) is 27.0 Å². The third-order valence-corrected chi connectivity index (χ3v) is 9.44. The van der Waals surface area contributed by atoms with Gasteiger partial charge in [-0.15, -0.1) is 0 Å². The Bertz CT molecular complexity index is 1510. The first-order valence-corrected chi connectivity index (χ1v) is 14.8. The molecule has 1 heterocycles. The average molecular weight is 568 g/mol. The molecule has 0 aliphatic carbocycles. The van der Waals surface area contributed by atoms with E-state index in [1.165, 1.54) is 42.0 Å². The number of aryl methyl sites for hydroxylation is 2. The van der Waals surface area contributed by atoms with Crippen LogP contribution in [0, 0.1) is 13.8 Å². The number of methoxy groups -OCH3 is 2. The molecule has 0 N–H and O–H groups in total. The molecule has 0 radical (unpaired) electrons. The van der Waals surface area contributed by atoms with Gasteiger partial charge in [0.05, 0.1) is 34.9 Å². The van der Waals surface area contributed by atoms with Crippen molar-refractivity contribution in [3.05, 3.63) is 89.0 Å². The summed E-state index contributed by atoms with van der Waals surface area (Å²) >= 11 is 1.48. The first-order chi connectivity index (χ1) is 18.7.